The van der Waals surface area contributed by atoms with Crippen molar-refractivity contribution in [2.24, 2.45) is 10.9 Å². The highest BCUT2D eigenvalue weighted by Gasteiger charge is 2.38. The van der Waals surface area contributed by atoms with Crippen LogP contribution in [0.1, 0.15) is 34.1 Å². The van der Waals surface area contributed by atoms with Crippen LogP contribution in [-0.4, -0.2) is 23.7 Å². The highest BCUT2D eigenvalue weighted by Crippen LogP contribution is 2.42. The van der Waals surface area contributed by atoms with Gasteiger partial charge in [0.05, 0.1) is 22.8 Å². The van der Waals surface area contributed by atoms with Gasteiger partial charge in [-0.2, -0.15) is 0 Å². The van der Waals surface area contributed by atoms with Crippen molar-refractivity contribution in [1.82, 2.24) is 10.2 Å². The number of allylic oxidation sites excluding steroid dienone is 10. The topological polar surface area (TPSA) is 27.6 Å². The third kappa shape index (κ3) is 5.50. The molecular weight excluding hydrogens is 366 g/mol. The molecule has 2 bridgehead atoms. The summed E-state index contributed by atoms with van der Waals surface area (Å²) in [6, 6.07) is 0. The summed E-state index contributed by atoms with van der Waals surface area (Å²) >= 11 is 0. The standard InChI is InChI=1S/C27H35N3/c1-9-12-24(13-10-2)26(27-21(6)25-16-17-30(27)18-25)29-23(8)22(7)28-20(5)15-14-19(4)11-3/h9-15,25,28H,1,5-7,16-18H2,2-4,8H3/b13-10-,15-14-,19-11-,24-12+,27-26+,29-23?. The molecule has 0 aromatic rings. The zero-order chi connectivity index (χ0) is 22.3. The van der Waals surface area contributed by atoms with Crippen molar-refractivity contribution in [2.75, 3.05) is 13.1 Å². The van der Waals surface area contributed by atoms with Crippen LogP contribution < -0.4 is 5.32 Å². The van der Waals surface area contributed by atoms with E-state index in [-0.39, 0.29) is 0 Å². The lowest BCUT2D eigenvalue weighted by atomic mass is 9.95. The molecule has 3 heteroatoms. The Hall–Kier alpha value is -3.07. The van der Waals surface area contributed by atoms with Gasteiger partial charge in [-0.05, 0) is 45.8 Å². The number of aliphatic imine (C=N–C) groups is 1. The van der Waals surface area contributed by atoms with Crippen molar-refractivity contribution >= 4 is 5.71 Å². The van der Waals surface area contributed by atoms with E-state index in [0.29, 0.717) is 5.92 Å². The predicted molar refractivity (Wildman–Crippen MR) is 132 cm³/mol. The zero-order valence-corrected chi connectivity index (χ0v) is 19.0. The molecule has 30 heavy (non-hydrogen) atoms. The van der Waals surface area contributed by atoms with E-state index in [1.54, 1.807) is 6.08 Å². The van der Waals surface area contributed by atoms with Crippen molar-refractivity contribution in [2.45, 2.75) is 34.1 Å². The number of piperidine rings is 1. The van der Waals surface area contributed by atoms with Gasteiger partial charge in [-0.3, -0.25) is 0 Å². The van der Waals surface area contributed by atoms with E-state index in [1.807, 2.05) is 45.1 Å². The van der Waals surface area contributed by atoms with Crippen LogP contribution in [-0.2, 0) is 0 Å². The van der Waals surface area contributed by atoms with Gasteiger partial charge in [0.1, 0.15) is 0 Å². The first-order valence-corrected chi connectivity index (χ1v) is 10.5. The number of nitrogens with one attached hydrogen (secondary N) is 1. The maximum Gasteiger partial charge on any atom is 0.0941 e. The highest BCUT2D eigenvalue weighted by molar-refractivity contribution is 5.98. The van der Waals surface area contributed by atoms with Crippen molar-refractivity contribution in [1.29, 1.82) is 0 Å². The summed E-state index contributed by atoms with van der Waals surface area (Å²) < 4.78 is 0. The Morgan fingerprint density at radius 3 is 2.47 bits per heavy atom. The number of rotatable bonds is 9. The second kappa shape index (κ2) is 10.6. The minimum atomic E-state index is 0.530. The fraction of sp³-hybridized carbons (Fsp3) is 0.296. The number of nitrogens with zero attached hydrogens (tertiary/aromatic N) is 2. The SMILES string of the molecule is C=C/C=C(\C=C/C)C(/N=C(C)C(=C)NC(=C)/C=C\C(C)=C/C)=C1/C(=C)C2CCN1C2. The van der Waals surface area contributed by atoms with E-state index in [2.05, 4.69) is 55.6 Å². The predicted octanol–water partition coefficient (Wildman–Crippen LogP) is 6.38. The molecule has 1 unspecified atom stereocenters. The molecule has 158 valence electrons. The first-order chi connectivity index (χ1) is 14.3. The number of fused-ring (bicyclic) bond motifs is 2. The van der Waals surface area contributed by atoms with E-state index < -0.39 is 0 Å². The molecule has 2 rings (SSSR count). The average molecular weight is 402 g/mol. The smallest absolute Gasteiger partial charge is 0.0941 e. The van der Waals surface area contributed by atoms with Crippen LogP contribution in [0.2, 0.25) is 0 Å². The lowest BCUT2D eigenvalue weighted by Gasteiger charge is -2.23. The minimum absolute atomic E-state index is 0.530. The third-order valence-electron chi connectivity index (χ3n) is 5.47. The molecule has 2 aliphatic rings. The molecule has 0 aliphatic carbocycles. The highest BCUT2D eigenvalue weighted by atomic mass is 15.2. The quantitative estimate of drug-likeness (QED) is 0.359. The van der Waals surface area contributed by atoms with E-state index in [1.165, 1.54) is 17.6 Å². The fourth-order valence-corrected chi connectivity index (χ4v) is 3.61. The van der Waals surface area contributed by atoms with E-state index in [4.69, 9.17) is 4.99 Å². The van der Waals surface area contributed by atoms with Crippen LogP contribution in [0.25, 0.3) is 0 Å². The molecule has 2 saturated heterocycles. The molecule has 2 fully saturated rings. The molecule has 0 saturated carbocycles. The summed E-state index contributed by atoms with van der Waals surface area (Å²) in [6.45, 7) is 26.6. The van der Waals surface area contributed by atoms with Gasteiger partial charge < -0.3 is 10.2 Å². The second-order valence-electron chi connectivity index (χ2n) is 7.70. The third-order valence-corrected chi connectivity index (χ3v) is 5.47. The Labute approximate surface area is 182 Å². The number of hydrogen-bond donors (Lipinski definition) is 1. The molecule has 0 amide bonds. The minimum Gasteiger partial charge on any atom is -0.369 e. The van der Waals surface area contributed by atoms with Crippen LogP contribution in [0.5, 0.6) is 0 Å². The lowest BCUT2D eigenvalue weighted by molar-refractivity contribution is 0.451. The summed E-state index contributed by atoms with van der Waals surface area (Å²) in [5.74, 6) is 0.530. The second-order valence-corrected chi connectivity index (χ2v) is 7.70. The molecular formula is C27H35N3. The largest absolute Gasteiger partial charge is 0.369 e. The molecule has 2 heterocycles. The molecule has 0 spiro atoms. The van der Waals surface area contributed by atoms with Crippen LogP contribution in [0.3, 0.4) is 0 Å². The molecule has 0 radical (unpaired) electrons. The molecule has 1 atom stereocenters. The van der Waals surface area contributed by atoms with Gasteiger partial charge in [0.15, 0.2) is 0 Å². The normalized spacial score (nSPS) is 21.7. The first kappa shape index (κ1) is 23.2. The Balaban J connectivity index is 2.39. The van der Waals surface area contributed by atoms with Crippen LogP contribution in [0.15, 0.2) is 113 Å². The maximum absolute atomic E-state index is 5.02. The van der Waals surface area contributed by atoms with Gasteiger partial charge in [0.25, 0.3) is 0 Å². The molecule has 0 aromatic carbocycles. The van der Waals surface area contributed by atoms with Crippen molar-refractivity contribution in [3.05, 3.63) is 108 Å². The van der Waals surface area contributed by atoms with Crippen molar-refractivity contribution in [3.63, 3.8) is 0 Å². The molecule has 1 N–H and O–H groups in total. The van der Waals surface area contributed by atoms with Gasteiger partial charge in [0.2, 0.25) is 0 Å². The van der Waals surface area contributed by atoms with Gasteiger partial charge in [-0.1, -0.05) is 68.3 Å². The van der Waals surface area contributed by atoms with Crippen molar-refractivity contribution < 1.29 is 0 Å². The maximum atomic E-state index is 5.02. The van der Waals surface area contributed by atoms with Gasteiger partial charge in [-0.15, -0.1) is 0 Å². The van der Waals surface area contributed by atoms with Crippen LogP contribution >= 0.6 is 0 Å². The Kier molecular flexibility index (Phi) is 8.23. The first-order valence-electron chi connectivity index (χ1n) is 10.5. The van der Waals surface area contributed by atoms with Crippen LogP contribution in [0.4, 0.5) is 0 Å². The monoisotopic (exact) mass is 401 g/mol. The Morgan fingerprint density at radius 2 is 1.90 bits per heavy atom. The zero-order valence-electron chi connectivity index (χ0n) is 19.0. The summed E-state index contributed by atoms with van der Waals surface area (Å²) in [5, 5.41) is 3.25. The fourth-order valence-electron chi connectivity index (χ4n) is 3.61. The molecule has 2 aliphatic heterocycles. The average Bonchev–Trinajstić information content (AvgIpc) is 3.31. The summed E-state index contributed by atoms with van der Waals surface area (Å²) in [6.07, 6.45) is 15.1. The lowest BCUT2D eigenvalue weighted by Crippen LogP contribution is -2.20. The van der Waals surface area contributed by atoms with E-state index >= 15 is 0 Å². The van der Waals surface area contributed by atoms with Crippen molar-refractivity contribution in [3.8, 4) is 0 Å². The summed E-state index contributed by atoms with van der Waals surface area (Å²) in [5.41, 5.74) is 7.75. The van der Waals surface area contributed by atoms with Gasteiger partial charge in [0, 0.05) is 30.3 Å². The molecule has 3 nitrogen and oxygen atoms in total. The number of hydrogen-bond acceptors (Lipinski definition) is 3. The van der Waals surface area contributed by atoms with Gasteiger partial charge >= 0.3 is 0 Å². The van der Waals surface area contributed by atoms with Crippen LogP contribution in [0, 0.1) is 5.92 Å². The van der Waals surface area contributed by atoms with E-state index in [0.717, 1.165) is 47.2 Å². The van der Waals surface area contributed by atoms with Gasteiger partial charge in [-0.25, -0.2) is 4.99 Å². The Morgan fingerprint density at radius 1 is 1.17 bits per heavy atom. The summed E-state index contributed by atoms with van der Waals surface area (Å²) in [4.78, 5) is 7.42. The Bertz CT molecular complexity index is 916. The summed E-state index contributed by atoms with van der Waals surface area (Å²) in [7, 11) is 0. The molecule has 0 aromatic heterocycles. The van der Waals surface area contributed by atoms with E-state index in [9.17, 15) is 0 Å².